The monoisotopic (exact) mass is 340 g/mol. The molecule has 3 nitrogen and oxygen atoms in total. The van der Waals surface area contributed by atoms with Crippen molar-refractivity contribution in [1.29, 1.82) is 0 Å². The Balaban J connectivity index is 1.74. The number of nitrogens with zero attached hydrogens (tertiary/aromatic N) is 1. The third-order valence-corrected chi connectivity index (χ3v) is 5.61. The molecule has 1 aliphatic rings. The normalized spacial score (nSPS) is 17.5. The second-order valence-electron chi connectivity index (χ2n) is 6.37. The molecule has 1 atom stereocenters. The number of thiophene rings is 1. The summed E-state index contributed by atoms with van der Waals surface area (Å²) in [5.74, 6) is 0.884. The van der Waals surface area contributed by atoms with Gasteiger partial charge in [-0.3, -0.25) is 4.79 Å². The van der Waals surface area contributed by atoms with E-state index in [0.717, 1.165) is 35.0 Å². The molecule has 122 valence electrons. The van der Waals surface area contributed by atoms with Crippen molar-refractivity contribution < 1.29 is 4.39 Å². The van der Waals surface area contributed by atoms with Gasteiger partial charge in [0.15, 0.2) is 0 Å². The molecule has 0 radical (unpaired) electrons. The van der Waals surface area contributed by atoms with Gasteiger partial charge in [0.2, 0.25) is 0 Å². The summed E-state index contributed by atoms with van der Waals surface area (Å²) in [6.45, 7) is 2.25. The lowest BCUT2D eigenvalue weighted by molar-refractivity contribution is 0.509. The molecule has 0 saturated carbocycles. The lowest BCUT2D eigenvalue weighted by Gasteiger charge is -2.17. The van der Waals surface area contributed by atoms with Crippen LogP contribution in [-0.4, -0.2) is 9.97 Å². The van der Waals surface area contributed by atoms with E-state index in [9.17, 15) is 9.18 Å². The first kappa shape index (κ1) is 15.3. The molecule has 0 bridgehead atoms. The highest BCUT2D eigenvalue weighted by Crippen LogP contribution is 2.35. The van der Waals surface area contributed by atoms with Crippen LogP contribution in [0.4, 0.5) is 4.39 Å². The van der Waals surface area contributed by atoms with Crippen molar-refractivity contribution in [3.05, 3.63) is 62.3 Å². The molecule has 4 rings (SSSR count). The Morgan fingerprint density at radius 3 is 3.08 bits per heavy atom. The van der Waals surface area contributed by atoms with E-state index < -0.39 is 0 Å². The fraction of sp³-hybridized carbons (Fsp3) is 0.263. The standard InChI is InChI=1S/C19H17FN2OS/c1-11-5-7-14-15(9-11)24-19-17(14)18(23)21-16(22-19)8-6-12-3-2-4-13(20)10-12/h2-4,6,8,10-11H,5,7,9H2,1H3,(H,21,22,23)/b8-6+/t11-/m0/s1. The first-order valence-corrected chi connectivity index (χ1v) is 8.90. The molecular weight excluding hydrogens is 323 g/mol. The van der Waals surface area contributed by atoms with Gasteiger partial charge in [-0.25, -0.2) is 9.37 Å². The molecule has 24 heavy (non-hydrogen) atoms. The number of nitrogens with one attached hydrogen (secondary N) is 1. The minimum absolute atomic E-state index is 0.0778. The fourth-order valence-electron chi connectivity index (χ4n) is 3.23. The lowest BCUT2D eigenvalue weighted by Crippen LogP contribution is -2.13. The van der Waals surface area contributed by atoms with Crippen molar-refractivity contribution in [2.24, 2.45) is 5.92 Å². The number of aromatic amines is 1. The zero-order valence-electron chi connectivity index (χ0n) is 13.3. The summed E-state index contributed by atoms with van der Waals surface area (Å²) in [4.78, 5) is 22.0. The fourth-order valence-corrected chi connectivity index (χ4v) is 4.62. The van der Waals surface area contributed by atoms with Crippen molar-refractivity contribution in [1.82, 2.24) is 9.97 Å². The van der Waals surface area contributed by atoms with Crippen LogP contribution in [0.2, 0.25) is 0 Å². The average Bonchev–Trinajstić information content (AvgIpc) is 2.90. The number of H-pyrrole nitrogens is 1. The summed E-state index contributed by atoms with van der Waals surface area (Å²) < 4.78 is 13.2. The minimum atomic E-state index is -0.283. The van der Waals surface area contributed by atoms with E-state index in [-0.39, 0.29) is 11.4 Å². The number of aromatic nitrogens is 2. The van der Waals surface area contributed by atoms with Crippen LogP contribution in [0.1, 0.15) is 35.2 Å². The molecule has 2 heterocycles. The van der Waals surface area contributed by atoms with Crippen molar-refractivity contribution in [3.63, 3.8) is 0 Å². The molecule has 1 aromatic carbocycles. The number of halogens is 1. The molecule has 0 amide bonds. The number of hydrogen-bond donors (Lipinski definition) is 1. The number of fused-ring (bicyclic) bond motifs is 3. The van der Waals surface area contributed by atoms with Gasteiger partial charge >= 0.3 is 0 Å². The van der Waals surface area contributed by atoms with Crippen molar-refractivity contribution in [2.45, 2.75) is 26.2 Å². The second kappa shape index (κ2) is 5.98. The summed E-state index contributed by atoms with van der Waals surface area (Å²) in [5.41, 5.74) is 1.84. The Kier molecular flexibility index (Phi) is 3.81. The zero-order valence-corrected chi connectivity index (χ0v) is 14.1. The quantitative estimate of drug-likeness (QED) is 0.750. The average molecular weight is 340 g/mol. The van der Waals surface area contributed by atoms with Crippen LogP contribution in [0.15, 0.2) is 29.1 Å². The Hall–Kier alpha value is -2.27. The van der Waals surface area contributed by atoms with Gasteiger partial charge in [-0.1, -0.05) is 25.1 Å². The molecule has 1 aliphatic carbocycles. The van der Waals surface area contributed by atoms with E-state index >= 15 is 0 Å². The minimum Gasteiger partial charge on any atom is -0.306 e. The topological polar surface area (TPSA) is 45.8 Å². The molecule has 0 unspecified atom stereocenters. The van der Waals surface area contributed by atoms with Gasteiger partial charge in [0.25, 0.3) is 5.56 Å². The Labute approximate surface area is 142 Å². The van der Waals surface area contributed by atoms with Crippen LogP contribution in [0.3, 0.4) is 0 Å². The Morgan fingerprint density at radius 1 is 1.38 bits per heavy atom. The van der Waals surface area contributed by atoms with E-state index in [1.54, 1.807) is 35.6 Å². The maximum Gasteiger partial charge on any atom is 0.260 e. The van der Waals surface area contributed by atoms with Gasteiger partial charge in [0, 0.05) is 4.88 Å². The Morgan fingerprint density at radius 2 is 2.25 bits per heavy atom. The van der Waals surface area contributed by atoms with Gasteiger partial charge in [-0.2, -0.15) is 0 Å². The van der Waals surface area contributed by atoms with Gasteiger partial charge in [-0.15, -0.1) is 11.3 Å². The first-order valence-electron chi connectivity index (χ1n) is 8.08. The molecule has 3 aromatic rings. The van der Waals surface area contributed by atoms with Crippen LogP contribution in [0, 0.1) is 11.7 Å². The Bertz CT molecular complexity index is 1000. The third kappa shape index (κ3) is 2.80. The first-order chi connectivity index (χ1) is 11.6. The smallest absolute Gasteiger partial charge is 0.260 e. The van der Waals surface area contributed by atoms with Gasteiger partial charge < -0.3 is 4.98 Å². The van der Waals surface area contributed by atoms with Crippen LogP contribution < -0.4 is 5.56 Å². The molecule has 2 aromatic heterocycles. The van der Waals surface area contributed by atoms with Gasteiger partial charge in [-0.05, 0) is 54.5 Å². The van der Waals surface area contributed by atoms with Gasteiger partial charge in [0.05, 0.1) is 5.39 Å². The van der Waals surface area contributed by atoms with Crippen molar-refractivity contribution in [2.75, 3.05) is 0 Å². The highest BCUT2D eigenvalue weighted by atomic mass is 32.1. The van der Waals surface area contributed by atoms with E-state index in [1.165, 1.54) is 22.6 Å². The summed E-state index contributed by atoms with van der Waals surface area (Å²) in [6.07, 6.45) is 6.59. The van der Waals surface area contributed by atoms with Crippen LogP contribution in [0.25, 0.3) is 22.4 Å². The van der Waals surface area contributed by atoms with Crippen LogP contribution >= 0.6 is 11.3 Å². The molecule has 0 aliphatic heterocycles. The predicted molar refractivity (Wildman–Crippen MR) is 96.8 cm³/mol. The second-order valence-corrected chi connectivity index (χ2v) is 7.46. The van der Waals surface area contributed by atoms with E-state index in [0.29, 0.717) is 11.7 Å². The van der Waals surface area contributed by atoms with Gasteiger partial charge in [0.1, 0.15) is 16.5 Å². The summed E-state index contributed by atoms with van der Waals surface area (Å²) in [7, 11) is 0. The molecule has 0 spiro atoms. The van der Waals surface area contributed by atoms with Crippen molar-refractivity contribution >= 4 is 33.7 Å². The summed E-state index contributed by atoms with van der Waals surface area (Å²) >= 11 is 1.63. The molecular formula is C19H17FN2OS. The van der Waals surface area contributed by atoms with E-state index in [1.807, 2.05) is 0 Å². The van der Waals surface area contributed by atoms with Crippen molar-refractivity contribution in [3.8, 4) is 0 Å². The number of rotatable bonds is 2. The van der Waals surface area contributed by atoms with Crippen LogP contribution in [-0.2, 0) is 12.8 Å². The number of aryl methyl sites for hydroxylation is 1. The SMILES string of the molecule is C[C@H]1CCc2c(sc3nc(/C=C/c4cccc(F)c4)[nH]c(=O)c23)C1. The predicted octanol–water partition coefficient (Wildman–Crippen LogP) is 4.42. The highest BCUT2D eigenvalue weighted by Gasteiger charge is 2.22. The lowest BCUT2D eigenvalue weighted by atomic mass is 9.89. The zero-order chi connectivity index (χ0) is 16.7. The van der Waals surface area contributed by atoms with Crippen LogP contribution in [0.5, 0.6) is 0 Å². The maximum atomic E-state index is 13.2. The third-order valence-electron chi connectivity index (χ3n) is 4.47. The highest BCUT2D eigenvalue weighted by molar-refractivity contribution is 7.18. The summed E-state index contributed by atoms with van der Waals surface area (Å²) in [5, 5.41) is 0.754. The maximum absolute atomic E-state index is 13.2. The number of hydrogen-bond acceptors (Lipinski definition) is 3. The molecule has 0 fully saturated rings. The molecule has 0 saturated heterocycles. The largest absolute Gasteiger partial charge is 0.306 e. The summed E-state index contributed by atoms with van der Waals surface area (Å²) in [6, 6.07) is 6.31. The molecule has 1 N–H and O–H groups in total. The van der Waals surface area contributed by atoms with E-state index in [4.69, 9.17) is 0 Å². The van der Waals surface area contributed by atoms with E-state index in [2.05, 4.69) is 16.9 Å². The molecule has 5 heteroatoms. The number of benzene rings is 1.